The zero-order valence-corrected chi connectivity index (χ0v) is 11.1. The van der Waals surface area contributed by atoms with E-state index in [0.29, 0.717) is 19.2 Å². The molecule has 96 valence electrons. The van der Waals surface area contributed by atoms with Crippen molar-refractivity contribution in [2.75, 3.05) is 20.3 Å². The molecule has 0 fully saturated rings. The highest BCUT2D eigenvalue weighted by molar-refractivity contribution is 6.30. The SMILES string of the molecule is COCC(O)CNC(C)Cc1ccc(Cl)cc1. The second kappa shape index (κ2) is 7.67. The van der Waals surface area contributed by atoms with Gasteiger partial charge in [0.15, 0.2) is 0 Å². The van der Waals surface area contributed by atoms with Crippen molar-refractivity contribution in [1.82, 2.24) is 5.32 Å². The maximum Gasteiger partial charge on any atom is 0.0897 e. The molecule has 0 saturated carbocycles. The minimum Gasteiger partial charge on any atom is -0.389 e. The van der Waals surface area contributed by atoms with Gasteiger partial charge >= 0.3 is 0 Å². The van der Waals surface area contributed by atoms with Gasteiger partial charge in [0.05, 0.1) is 12.7 Å². The van der Waals surface area contributed by atoms with Gasteiger partial charge in [-0.25, -0.2) is 0 Å². The largest absolute Gasteiger partial charge is 0.389 e. The van der Waals surface area contributed by atoms with E-state index in [9.17, 15) is 5.11 Å². The lowest BCUT2D eigenvalue weighted by Crippen LogP contribution is -2.36. The van der Waals surface area contributed by atoms with Crippen molar-refractivity contribution in [3.63, 3.8) is 0 Å². The zero-order valence-electron chi connectivity index (χ0n) is 10.3. The summed E-state index contributed by atoms with van der Waals surface area (Å²) in [5, 5.41) is 13.5. The average Bonchev–Trinajstić information content (AvgIpc) is 2.30. The normalized spacial score (nSPS) is 14.6. The van der Waals surface area contributed by atoms with Crippen LogP contribution in [0, 0.1) is 0 Å². The number of methoxy groups -OCH3 is 1. The number of aliphatic hydroxyl groups is 1. The van der Waals surface area contributed by atoms with Gasteiger partial charge in [0.1, 0.15) is 0 Å². The molecule has 1 aromatic rings. The minimum atomic E-state index is -0.451. The van der Waals surface area contributed by atoms with Crippen LogP contribution in [0.15, 0.2) is 24.3 Å². The molecule has 1 rings (SSSR count). The van der Waals surface area contributed by atoms with Gasteiger partial charge < -0.3 is 15.2 Å². The second-order valence-electron chi connectivity index (χ2n) is 4.25. The van der Waals surface area contributed by atoms with Crippen LogP contribution in [0.5, 0.6) is 0 Å². The van der Waals surface area contributed by atoms with E-state index in [1.807, 2.05) is 24.3 Å². The highest BCUT2D eigenvalue weighted by Gasteiger charge is 2.07. The molecule has 0 aliphatic carbocycles. The predicted molar refractivity (Wildman–Crippen MR) is 70.5 cm³/mol. The molecule has 2 atom stereocenters. The molecule has 2 N–H and O–H groups in total. The van der Waals surface area contributed by atoms with Gasteiger partial charge in [0.2, 0.25) is 0 Å². The van der Waals surface area contributed by atoms with Crippen LogP contribution >= 0.6 is 11.6 Å². The first-order valence-electron chi connectivity index (χ1n) is 5.76. The Kier molecular flexibility index (Phi) is 6.52. The van der Waals surface area contributed by atoms with E-state index in [2.05, 4.69) is 12.2 Å². The van der Waals surface area contributed by atoms with Crippen LogP contribution in [0.4, 0.5) is 0 Å². The Hall–Kier alpha value is -0.610. The summed E-state index contributed by atoms with van der Waals surface area (Å²) < 4.78 is 4.86. The van der Waals surface area contributed by atoms with Crippen LogP contribution in [0.3, 0.4) is 0 Å². The van der Waals surface area contributed by atoms with Gasteiger partial charge in [-0.15, -0.1) is 0 Å². The molecule has 17 heavy (non-hydrogen) atoms. The third-order valence-corrected chi connectivity index (χ3v) is 2.77. The smallest absolute Gasteiger partial charge is 0.0897 e. The average molecular weight is 258 g/mol. The van der Waals surface area contributed by atoms with Gasteiger partial charge in [-0.1, -0.05) is 23.7 Å². The van der Waals surface area contributed by atoms with E-state index in [-0.39, 0.29) is 0 Å². The standard InChI is InChI=1S/C13H20ClNO2/c1-10(15-8-13(16)9-17-2)7-11-3-5-12(14)6-4-11/h3-6,10,13,15-16H,7-9H2,1-2H3. The molecule has 0 radical (unpaired) electrons. The fourth-order valence-electron chi connectivity index (χ4n) is 1.63. The highest BCUT2D eigenvalue weighted by atomic mass is 35.5. The fourth-order valence-corrected chi connectivity index (χ4v) is 1.76. The molecule has 0 bridgehead atoms. The number of halogens is 1. The predicted octanol–water partition coefficient (Wildman–Crippen LogP) is 1.87. The molecule has 0 heterocycles. The first kappa shape index (κ1) is 14.5. The van der Waals surface area contributed by atoms with E-state index >= 15 is 0 Å². The lowest BCUT2D eigenvalue weighted by molar-refractivity contribution is 0.0631. The summed E-state index contributed by atoms with van der Waals surface area (Å²) in [6, 6.07) is 8.13. The molecule has 4 heteroatoms. The van der Waals surface area contributed by atoms with Crippen molar-refractivity contribution in [2.45, 2.75) is 25.5 Å². The number of ether oxygens (including phenoxy) is 1. The van der Waals surface area contributed by atoms with Gasteiger partial charge in [-0.05, 0) is 31.0 Å². The third-order valence-electron chi connectivity index (χ3n) is 2.52. The Morgan fingerprint density at radius 3 is 2.59 bits per heavy atom. The molecule has 0 spiro atoms. The maximum absolute atomic E-state index is 9.50. The minimum absolute atomic E-state index is 0.308. The fraction of sp³-hybridized carbons (Fsp3) is 0.538. The molecule has 3 nitrogen and oxygen atoms in total. The first-order chi connectivity index (χ1) is 8.11. The van der Waals surface area contributed by atoms with Gasteiger partial charge in [0.25, 0.3) is 0 Å². The quantitative estimate of drug-likeness (QED) is 0.784. The van der Waals surface area contributed by atoms with Crippen molar-refractivity contribution in [2.24, 2.45) is 0 Å². The maximum atomic E-state index is 9.50. The van der Waals surface area contributed by atoms with Crippen molar-refractivity contribution in [3.05, 3.63) is 34.9 Å². The zero-order chi connectivity index (χ0) is 12.7. The van der Waals surface area contributed by atoms with Crippen LogP contribution in [0.25, 0.3) is 0 Å². The summed E-state index contributed by atoms with van der Waals surface area (Å²) in [6.07, 6.45) is 0.462. The van der Waals surface area contributed by atoms with E-state index in [1.54, 1.807) is 7.11 Å². The number of nitrogens with one attached hydrogen (secondary N) is 1. The molecule has 0 amide bonds. The van der Waals surface area contributed by atoms with Gasteiger partial charge in [-0.3, -0.25) is 0 Å². The first-order valence-corrected chi connectivity index (χ1v) is 6.14. The molecular weight excluding hydrogens is 238 g/mol. The van der Waals surface area contributed by atoms with E-state index in [0.717, 1.165) is 11.4 Å². The Morgan fingerprint density at radius 2 is 2.00 bits per heavy atom. The monoisotopic (exact) mass is 257 g/mol. The summed E-state index contributed by atoms with van der Waals surface area (Å²) in [4.78, 5) is 0. The van der Waals surface area contributed by atoms with E-state index < -0.39 is 6.10 Å². The molecular formula is C13H20ClNO2. The lowest BCUT2D eigenvalue weighted by Gasteiger charge is -2.16. The van der Waals surface area contributed by atoms with Crippen molar-refractivity contribution >= 4 is 11.6 Å². The molecule has 0 aliphatic heterocycles. The molecule has 1 aromatic carbocycles. The third kappa shape index (κ3) is 6.03. The van der Waals surface area contributed by atoms with Crippen molar-refractivity contribution in [3.8, 4) is 0 Å². The summed E-state index contributed by atoms with van der Waals surface area (Å²) in [7, 11) is 1.58. The van der Waals surface area contributed by atoms with E-state index in [1.165, 1.54) is 5.56 Å². The number of benzene rings is 1. The van der Waals surface area contributed by atoms with Gasteiger partial charge in [0, 0.05) is 24.7 Å². The summed E-state index contributed by atoms with van der Waals surface area (Å²) in [5.74, 6) is 0. The summed E-state index contributed by atoms with van der Waals surface area (Å²) in [6.45, 7) is 3.00. The highest BCUT2D eigenvalue weighted by Crippen LogP contribution is 2.10. The molecule has 2 unspecified atom stereocenters. The van der Waals surface area contributed by atoms with Gasteiger partial charge in [-0.2, -0.15) is 0 Å². The Bertz CT molecular complexity index is 316. The second-order valence-corrected chi connectivity index (χ2v) is 4.69. The topological polar surface area (TPSA) is 41.5 Å². The lowest BCUT2D eigenvalue weighted by atomic mass is 10.1. The van der Waals surface area contributed by atoms with Crippen molar-refractivity contribution < 1.29 is 9.84 Å². The number of hydrogen-bond donors (Lipinski definition) is 2. The molecule has 0 aliphatic rings. The summed E-state index contributed by atoms with van der Waals surface area (Å²) >= 11 is 5.82. The Morgan fingerprint density at radius 1 is 1.35 bits per heavy atom. The Labute approximate surface area is 108 Å². The number of hydrogen-bond acceptors (Lipinski definition) is 3. The van der Waals surface area contributed by atoms with Crippen LogP contribution in [0.1, 0.15) is 12.5 Å². The van der Waals surface area contributed by atoms with Crippen LogP contribution in [0.2, 0.25) is 5.02 Å². The van der Waals surface area contributed by atoms with Crippen LogP contribution in [-0.2, 0) is 11.2 Å². The van der Waals surface area contributed by atoms with Crippen LogP contribution in [-0.4, -0.2) is 37.5 Å². The number of aliphatic hydroxyl groups excluding tert-OH is 1. The summed E-state index contributed by atoms with van der Waals surface area (Å²) in [5.41, 5.74) is 1.23. The van der Waals surface area contributed by atoms with E-state index in [4.69, 9.17) is 16.3 Å². The van der Waals surface area contributed by atoms with Crippen molar-refractivity contribution in [1.29, 1.82) is 0 Å². The Balaban J connectivity index is 2.29. The number of rotatable bonds is 7. The molecule has 0 saturated heterocycles. The van der Waals surface area contributed by atoms with Crippen LogP contribution < -0.4 is 5.32 Å². The molecule has 0 aromatic heterocycles.